The van der Waals surface area contributed by atoms with Crippen molar-refractivity contribution in [1.29, 1.82) is 0 Å². The van der Waals surface area contributed by atoms with Gasteiger partial charge < -0.3 is 10.5 Å². The highest BCUT2D eigenvalue weighted by molar-refractivity contribution is 5.03. The first-order valence-corrected chi connectivity index (χ1v) is 5.39. The third-order valence-corrected chi connectivity index (χ3v) is 2.28. The van der Waals surface area contributed by atoms with E-state index >= 15 is 0 Å². The summed E-state index contributed by atoms with van der Waals surface area (Å²) in [5.74, 6) is 0. The number of rotatable bonds is 6. The highest BCUT2D eigenvalue weighted by Gasteiger charge is 2.33. The highest BCUT2D eigenvalue weighted by Crippen LogP contribution is 2.27. The summed E-state index contributed by atoms with van der Waals surface area (Å²) in [7, 11) is 0. The maximum Gasteiger partial charge on any atom is 0.435 e. The summed E-state index contributed by atoms with van der Waals surface area (Å²) in [6.07, 6.45) is -2.68. The molecule has 1 aromatic rings. The van der Waals surface area contributed by atoms with Gasteiger partial charge in [0.15, 0.2) is 5.69 Å². The third-order valence-electron chi connectivity index (χ3n) is 2.28. The van der Waals surface area contributed by atoms with Crippen molar-refractivity contribution in [1.82, 2.24) is 9.78 Å². The van der Waals surface area contributed by atoms with Gasteiger partial charge in [0.25, 0.3) is 0 Å². The maximum absolute atomic E-state index is 12.3. The Hall–Kier alpha value is -1.08. The van der Waals surface area contributed by atoms with Gasteiger partial charge in [-0.05, 0) is 19.4 Å². The Morgan fingerprint density at radius 2 is 2.24 bits per heavy atom. The zero-order chi connectivity index (χ0) is 12.9. The molecule has 0 bridgehead atoms. The Kier molecular flexibility index (Phi) is 4.95. The number of nitrogens with zero attached hydrogens (tertiary/aromatic N) is 2. The maximum atomic E-state index is 12.3. The first kappa shape index (κ1) is 14.0. The summed E-state index contributed by atoms with van der Waals surface area (Å²) >= 11 is 0. The topological polar surface area (TPSA) is 53.1 Å². The minimum Gasteiger partial charge on any atom is -0.377 e. The zero-order valence-electron chi connectivity index (χ0n) is 9.57. The number of ether oxygens (including phenoxy) is 1. The average molecular weight is 251 g/mol. The van der Waals surface area contributed by atoms with Gasteiger partial charge in [0.1, 0.15) is 0 Å². The fourth-order valence-corrected chi connectivity index (χ4v) is 1.42. The van der Waals surface area contributed by atoms with Crippen molar-refractivity contribution in [3.05, 3.63) is 18.0 Å². The largest absolute Gasteiger partial charge is 0.435 e. The molecule has 2 N–H and O–H groups in total. The van der Waals surface area contributed by atoms with Crippen LogP contribution in [0.1, 0.15) is 19.0 Å². The second kappa shape index (κ2) is 6.02. The van der Waals surface area contributed by atoms with Crippen molar-refractivity contribution in [2.75, 3.05) is 13.2 Å². The van der Waals surface area contributed by atoms with Crippen molar-refractivity contribution in [2.24, 2.45) is 5.73 Å². The van der Waals surface area contributed by atoms with Crippen LogP contribution in [0.15, 0.2) is 12.3 Å². The molecule has 1 unspecified atom stereocenters. The number of hydrogen-bond donors (Lipinski definition) is 1. The van der Waals surface area contributed by atoms with Crippen molar-refractivity contribution in [2.45, 2.75) is 32.2 Å². The number of alkyl halides is 3. The van der Waals surface area contributed by atoms with Crippen LogP contribution >= 0.6 is 0 Å². The molecule has 0 fully saturated rings. The fraction of sp³-hybridized carbons (Fsp3) is 0.700. The molecule has 0 spiro atoms. The van der Waals surface area contributed by atoms with Gasteiger partial charge in [-0.3, -0.25) is 4.68 Å². The van der Waals surface area contributed by atoms with Crippen molar-refractivity contribution < 1.29 is 17.9 Å². The molecular weight excluding hydrogens is 235 g/mol. The van der Waals surface area contributed by atoms with Gasteiger partial charge in [0.2, 0.25) is 0 Å². The Bertz CT molecular complexity index is 338. The first-order chi connectivity index (χ1) is 7.97. The van der Waals surface area contributed by atoms with Gasteiger partial charge in [-0.25, -0.2) is 0 Å². The van der Waals surface area contributed by atoms with E-state index in [2.05, 4.69) is 5.10 Å². The van der Waals surface area contributed by atoms with E-state index in [1.807, 2.05) is 6.92 Å². The molecule has 1 aromatic heterocycles. The van der Waals surface area contributed by atoms with Crippen LogP contribution in [0.4, 0.5) is 13.2 Å². The van der Waals surface area contributed by atoms with Gasteiger partial charge in [-0.2, -0.15) is 18.3 Å². The first-order valence-electron chi connectivity index (χ1n) is 5.39. The molecule has 1 heterocycles. The standard InChI is InChI=1S/C10H16F3N3O/c1-2-17-8(7-14)3-5-16-6-4-9(15-16)10(11,12)13/h4,6,8H,2-3,5,7,14H2,1H3. The van der Waals surface area contributed by atoms with Crippen LogP contribution in [0.3, 0.4) is 0 Å². The molecule has 0 aliphatic carbocycles. The molecule has 0 saturated carbocycles. The monoisotopic (exact) mass is 251 g/mol. The minimum absolute atomic E-state index is 0.140. The summed E-state index contributed by atoms with van der Waals surface area (Å²) in [5, 5.41) is 3.44. The van der Waals surface area contributed by atoms with E-state index < -0.39 is 11.9 Å². The molecular formula is C10H16F3N3O. The van der Waals surface area contributed by atoms with Crippen LogP contribution < -0.4 is 5.73 Å². The number of aryl methyl sites for hydroxylation is 1. The van der Waals surface area contributed by atoms with E-state index in [0.29, 0.717) is 26.1 Å². The molecule has 0 aromatic carbocycles. The van der Waals surface area contributed by atoms with Gasteiger partial charge in [0.05, 0.1) is 6.10 Å². The molecule has 7 heteroatoms. The summed E-state index contributed by atoms with van der Waals surface area (Å²) in [5.41, 5.74) is 4.59. The number of halogens is 3. The van der Waals surface area contributed by atoms with E-state index in [1.54, 1.807) is 0 Å². The van der Waals surface area contributed by atoms with Crippen molar-refractivity contribution in [3.8, 4) is 0 Å². The molecule has 1 atom stereocenters. The van der Waals surface area contributed by atoms with E-state index in [-0.39, 0.29) is 6.10 Å². The summed E-state index contributed by atoms with van der Waals surface area (Å²) in [6, 6.07) is 0.956. The van der Waals surface area contributed by atoms with Gasteiger partial charge in [-0.15, -0.1) is 0 Å². The molecule has 0 aliphatic heterocycles. The predicted molar refractivity (Wildman–Crippen MR) is 56.3 cm³/mol. The summed E-state index contributed by atoms with van der Waals surface area (Å²) in [4.78, 5) is 0. The van der Waals surface area contributed by atoms with Crippen LogP contribution in [0.2, 0.25) is 0 Å². The molecule has 0 radical (unpaired) electrons. The molecule has 1 rings (SSSR count). The van der Waals surface area contributed by atoms with E-state index in [9.17, 15) is 13.2 Å². The highest BCUT2D eigenvalue weighted by atomic mass is 19.4. The second-order valence-corrected chi connectivity index (χ2v) is 3.56. The smallest absolute Gasteiger partial charge is 0.377 e. The number of nitrogens with two attached hydrogens (primary N) is 1. The lowest BCUT2D eigenvalue weighted by Gasteiger charge is -2.14. The molecule has 17 heavy (non-hydrogen) atoms. The van der Waals surface area contributed by atoms with E-state index in [0.717, 1.165) is 6.07 Å². The van der Waals surface area contributed by atoms with Gasteiger partial charge in [-0.1, -0.05) is 0 Å². The van der Waals surface area contributed by atoms with E-state index in [1.165, 1.54) is 10.9 Å². The quantitative estimate of drug-likeness (QED) is 0.836. The SMILES string of the molecule is CCOC(CN)CCn1ccc(C(F)(F)F)n1. The second-order valence-electron chi connectivity index (χ2n) is 3.56. The minimum atomic E-state index is -4.39. The average Bonchev–Trinajstić information content (AvgIpc) is 2.72. The Labute approximate surface area is 97.5 Å². The summed E-state index contributed by atoms with van der Waals surface area (Å²) < 4.78 is 43.4. The number of hydrogen-bond acceptors (Lipinski definition) is 3. The summed E-state index contributed by atoms with van der Waals surface area (Å²) in [6.45, 7) is 3.09. The van der Waals surface area contributed by atoms with Crippen LogP contribution in [-0.2, 0) is 17.5 Å². The molecule has 4 nitrogen and oxygen atoms in total. The molecule has 98 valence electrons. The molecule has 0 amide bonds. The van der Waals surface area contributed by atoms with Crippen molar-refractivity contribution >= 4 is 0 Å². The fourth-order valence-electron chi connectivity index (χ4n) is 1.42. The lowest BCUT2D eigenvalue weighted by atomic mass is 10.2. The Balaban J connectivity index is 2.49. The zero-order valence-corrected chi connectivity index (χ0v) is 9.57. The Morgan fingerprint density at radius 1 is 1.53 bits per heavy atom. The van der Waals surface area contributed by atoms with E-state index in [4.69, 9.17) is 10.5 Å². The predicted octanol–water partition coefficient (Wildman–Crippen LogP) is 1.66. The van der Waals surface area contributed by atoms with Gasteiger partial charge >= 0.3 is 6.18 Å². The Morgan fingerprint density at radius 3 is 2.71 bits per heavy atom. The van der Waals surface area contributed by atoms with Gasteiger partial charge in [0, 0.05) is 25.9 Å². The van der Waals surface area contributed by atoms with Crippen LogP contribution in [0.5, 0.6) is 0 Å². The van der Waals surface area contributed by atoms with Crippen LogP contribution in [0, 0.1) is 0 Å². The third kappa shape index (κ3) is 4.35. The lowest BCUT2D eigenvalue weighted by Crippen LogP contribution is -2.25. The molecule has 0 aliphatic rings. The van der Waals surface area contributed by atoms with Crippen molar-refractivity contribution in [3.63, 3.8) is 0 Å². The van der Waals surface area contributed by atoms with Crippen LogP contribution in [-0.4, -0.2) is 29.0 Å². The molecule has 0 saturated heterocycles. The lowest BCUT2D eigenvalue weighted by molar-refractivity contribution is -0.141. The number of aromatic nitrogens is 2. The normalized spacial score (nSPS) is 13.9. The van der Waals surface area contributed by atoms with Crippen LogP contribution in [0.25, 0.3) is 0 Å².